The molecule has 13 heavy (non-hydrogen) atoms. The molecule has 0 saturated carbocycles. The van der Waals surface area contributed by atoms with Crippen molar-refractivity contribution in [1.82, 2.24) is 0 Å². The van der Waals surface area contributed by atoms with Gasteiger partial charge in [0.25, 0.3) is 0 Å². The SMILES string of the molecule is C=CC(CC)[N+](C)(C)C(C=C)CC. The first-order valence-corrected chi connectivity index (χ1v) is 5.12. The molecule has 0 rings (SSSR count). The summed E-state index contributed by atoms with van der Waals surface area (Å²) in [6, 6.07) is 1.06. The van der Waals surface area contributed by atoms with Gasteiger partial charge in [0.15, 0.2) is 0 Å². The molecule has 0 aromatic heterocycles. The van der Waals surface area contributed by atoms with Gasteiger partial charge in [0.2, 0.25) is 0 Å². The van der Waals surface area contributed by atoms with Crippen molar-refractivity contribution in [2.45, 2.75) is 38.8 Å². The van der Waals surface area contributed by atoms with E-state index in [1.54, 1.807) is 0 Å². The third-order valence-electron chi connectivity index (χ3n) is 3.09. The Balaban J connectivity index is 4.67. The second-order valence-electron chi connectivity index (χ2n) is 4.05. The zero-order valence-corrected chi connectivity index (χ0v) is 9.59. The Morgan fingerprint density at radius 1 is 1.00 bits per heavy atom. The van der Waals surface area contributed by atoms with Crippen LogP contribution in [-0.4, -0.2) is 30.7 Å². The van der Waals surface area contributed by atoms with Gasteiger partial charge in [-0.05, 0) is 12.2 Å². The molecule has 0 spiro atoms. The fourth-order valence-corrected chi connectivity index (χ4v) is 2.06. The highest BCUT2D eigenvalue weighted by Crippen LogP contribution is 2.19. The summed E-state index contributed by atoms with van der Waals surface area (Å²) in [5.74, 6) is 0. The largest absolute Gasteiger partial charge is 0.317 e. The summed E-state index contributed by atoms with van der Waals surface area (Å²) in [7, 11) is 4.51. The maximum Gasteiger partial charge on any atom is 0.107 e. The molecule has 0 fully saturated rings. The highest BCUT2D eigenvalue weighted by molar-refractivity contribution is 4.85. The predicted octanol–water partition coefficient (Wildman–Crippen LogP) is 2.99. The van der Waals surface area contributed by atoms with Gasteiger partial charge in [0, 0.05) is 12.8 Å². The summed E-state index contributed by atoms with van der Waals surface area (Å²) >= 11 is 0. The minimum absolute atomic E-state index is 0.531. The Morgan fingerprint density at radius 2 is 1.31 bits per heavy atom. The summed E-state index contributed by atoms with van der Waals surface area (Å²) in [4.78, 5) is 0. The molecule has 0 N–H and O–H groups in total. The molecule has 0 saturated heterocycles. The van der Waals surface area contributed by atoms with Crippen molar-refractivity contribution < 1.29 is 4.48 Å². The average molecular weight is 182 g/mol. The van der Waals surface area contributed by atoms with E-state index in [1.807, 2.05) is 0 Å². The molecule has 0 aromatic carbocycles. The van der Waals surface area contributed by atoms with E-state index in [9.17, 15) is 0 Å². The van der Waals surface area contributed by atoms with Crippen molar-refractivity contribution >= 4 is 0 Å². The lowest BCUT2D eigenvalue weighted by molar-refractivity contribution is -0.926. The molecule has 2 atom stereocenters. The first kappa shape index (κ1) is 12.4. The normalized spacial score (nSPS) is 16.3. The van der Waals surface area contributed by atoms with E-state index < -0.39 is 0 Å². The molecule has 1 heteroatoms. The van der Waals surface area contributed by atoms with E-state index in [2.05, 4.69) is 53.3 Å². The van der Waals surface area contributed by atoms with Crippen LogP contribution in [0.4, 0.5) is 0 Å². The van der Waals surface area contributed by atoms with Crippen LogP contribution in [0.2, 0.25) is 0 Å². The third-order valence-corrected chi connectivity index (χ3v) is 3.09. The first-order chi connectivity index (χ1) is 6.04. The van der Waals surface area contributed by atoms with Crippen LogP contribution in [-0.2, 0) is 0 Å². The smallest absolute Gasteiger partial charge is 0.107 e. The van der Waals surface area contributed by atoms with E-state index >= 15 is 0 Å². The highest BCUT2D eigenvalue weighted by atomic mass is 15.4. The number of hydrogen-bond acceptors (Lipinski definition) is 0. The van der Waals surface area contributed by atoms with Crippen LogP contribution in [0.25, 0.3) is 0 Å². The third kappa shape index (κ3) is 2.70. The molecule has 0 aliphatic rings. The van der Waals surface area contributed by atoms with Crippen molar-refractivity contribution in [3.05, 3.63) is 25.3 Å². The zero-order valence-electron chi connectivity index (χ0n) is 9.59. The van der Waals surface area contributed by atoms with Crippen LogP contribution in [0.1, 0.15) is 26.7 Å². The maximum absolute atomic E-state index is 3.90. The van der Waals surface area contributed by atoms with Gasteiger partial charge in [-0.2, -0.15) is 0 Å². The molecular formula is C12H24N+. The number of nitrogens with zero attached hydrogens (tertiary/aromatic N) is 1. The molecule has 76 valence electrons. The van der Waals surface area contributed by atoms with Crippen LogP contribution in [0, 0.1) is 0 Å². The number of quaternary nitrogens is 1. The molecule has 0 radical (unpaired) electrons. The molecule has 0 heterocycles. The second-order valence-corrected chi connectivity index (χ2v) is 4.05. The van der Waals surface area contributed by atoms with Crippen LogP contribution < -0.4 is 0 Å². The van der Waals surface area contributed by atoms with Crippen molar-refractivity contribution in [3.63, 3.8) is 0 Å². The van der Waals surface area contributed by atoms with Crippen LogP contribution in [0.5, 0.6) is 0 Å². The summed E-state index contributed by atoms with van der Waals surface area (Å²) < 4.78 is 0.972. The van der Waals surface area contributed by atoms with E-state index in [-0.39, 0.29) is 0 Å². The molecule has 0 amide bonds. The van der Waals surface area contributed by atoms with E-state index in [4.69, 9.17) is 0 Å². The lowest BCUT2D eigenvalue weighted by Gasteiger charge is -2.41. The average Bonchev–Trinajstić information content (AvgIpc) is 2.07. The summed E-state index contributed by atoms with van der Waals surface area (Å²) in [5.41, 5.74) is 0. The van der Waals surface area contributed by atoms with Crippen molar-refractivity contribution in [2.75, 3.05) is 14.1 Å². The minimum atomic E-state index is 0.531. The van der Waals surface area contributed by atoms with E-state index in [1.165, 1.54) is 0 Å². The second kappa shape index (κ2) is 5.23. The van der Waals surface area contributed by atoms with E-state index in [0.29, 0.717) is 12.1 Å². The van der Waals surface area contributed by atoms with Gasteiger partial charge >= 0.3 is 0 Å². The quantitative estimate of drug-likeness (QED) is 0.437. The molecule has 0 aliphatic heterocycles. The fourth-order valence-electron chi connectivity index (χ4n) is 2.06. The van der Waals surface area contributed by atoms with Gasteiger partial charge in [-0.1, -0.05) is 27.0 Å². The standard InChI is InChI=1S/C12H24N/c1-7-11(8-2)13(5,6)12(9-3)10-4/h7,9,11-12H,1,3,8,10H2,2,4-6H3/q+1. The summed E-state index contributed by atoms with van der Waals surface area (Å²) in [6.07, 6.45) is 6.40. The molecule has 0 bridgehead atoms. The number of likely N-dealkylation sites (N-methyl/N-ethyl adjacent to an activating group) is 1. The molecular weight excluding hydrogens is 158 g/mol. The molecule has 0 aromatic rings. The lowest BCUT2D eigenvalue weighted by atomic mass is 10.1. The van der Waals surface area contributed by atoms with Gasteiger partial charge in [-0.3, -0.25) is 0 Å². The predicted molar refractivity (Wildman–Crippen MR) is 60.7 cm³/mol. The number of rotatable bonds is 6. The summed E-state index contributed by atoms with van der Waals surface area (Å²) in [6.45, 7) is 12.2. The minimum Gasteiger partial charge on any atom is -0.317 e. The first-order valence-electron chi connectivity index (χ1n) is 5.12. The van der Waals surface area contributed by atoms with Crippen LogP contribution >= 0.6 is 0 Å². The van der Waals surface area contributed by atoms with Gasteiger partial charge in [0.05, 0.1) is 14.1 Å². The zero-order chi connectivity index (χ0) is 10.5. The van der Waals surface area contributed by atoms with E-state index in [0.717, 1.165) is 17.3 Å². The van der Waals surface area contributed by atoms with Gasteiger partial charge in [0.1, 0.15) is 12.1 Å². The monoisotopic (exact) mass is 182 g/mol. The molecule has 1 nitrogen and oxygen atoms in total. The van der Waals surface area contributed by atoms with Gasteiger partial charge in [-0.25, -0.2) is 0 Å². The van der Waals surface area contributed by atoms with Gasteiger partial charge in [-0.15, -0.1) is 0 Å². The topological polar surface area (TPSA) is 0 Å². The summed E-state index contributed by atoms with van der Waals surface area (Å²) in [5, 5.41) is 0. The Hall–Kier alpha value is -0.560. The fraction of sp³-hybridized carbons (Fsp3) is 0.667. The van der Waals surface area contributed by atoms with Gasteiger partial charge < -0.3 is 4.48 Å². The van der Waals surface area contributed by atoms with Crippen LogP contribution in [0.15, 0.2) is 25.3 Å². The Morgan fingerprint density at radius 3 is 1.46 bits per heavy atom. The van der Waals surface area contributed by atoms with Crippen LogP contribution in [0.3, 0.4) is 0 Å². The van der Waals surface area contributed by atoms with Crippen molar-refractivity contribution in [3.8, 4) is 0 Å². The van der Waals surface area contributed by atoms with Crippen molar-refractivity contribution in [1.29, 1.82) is 0 Å². The number of hydrogen-bond donors (Lipinski definition) is 0. The molecule has 0 aliphatic carbocycles. The Labute approximate surface area is 83.3 Å². The Kier molecular flexibility index (Phi) is 5.01. The molecule has 2 unspecified atom stereocenters. The lowest BCUT2D eigenvalue weighted by Crippen LogP contribution is -2.53. The Bertz CT molecular complexity index is 152. The highest BCUT2D eigenvalue weighted by Gasteiger charge is 2.30. The maximum atomic E-state index is 3.90. The van der Waals surface area contributed by atoms with Crippen molar-refractivity contribution in [2.24, 2.45) is 0 Å².